The van der Waals surface area contributed by atoms with Crippen LogP contribution in [-0.2, 0) is 6.54 Å². The van der Waals surface area contributed by atoms with Crippen molar-refractivity contribution in [2.45, 2.75) is 13.5 Å². The van der Waals surface area contributed by atoms with Gasteiger partial charge in [-0.1, -0.05) is 6.07 Å². The third-order valence-corrected chi connectivity index (χ3v) is 2.91. The topological polar surface area (TPSA) is 113 Å². The van der Waals surface area contributed by atoms with Crippen molar-refractivity contribution in [2.24, 2.45) is 0 Å². The van der Waals surface area contributed by atoms with E-state index < -0.39 is 4.92 Å². The fourth-order valence-corrected chi connectivity index (χ4v) is 1.81. The Morgan fingerprint density at radius 1 is 1.38 bits per heavy atom. The van der Waals surface area contributed by atoms with Gasteiger partial charge in [0.1, 0.15) is 24.1 Å². The Labute approximate surface area is 118 Å². The SMILES string of the molecule is Cc1c([N+](=O)[O-])cnn1Cc1nnc(-c2ccccn2)o1. The minimum atomic E-state index is -0.480. The number of rotatable bonds is 4. The van der Waals surface area contributed by atoms with E-state index in [0.717, 1.165) is 0 Å². The Balaban J connectivity index is 1.84. The van der Waals surface area contributed by atoms with Crippen LogP contribution in [0.1, 0.15) is 11.6 Å². The van der Waals surface area contributed by atoms with Gasteiger partial charge in [-0.05, 0) is 19.1 Å². The maximum absolute atomic E-state index is 10.8. The van der Waals surface area contributed by atoms with Gasteiger partial charge in [-0.2, -0.15) is 5.10 Å². The van der Waals surface area contributed by atoms with E-state index in [2.05, 4.69) is 20.3 Å². The lowest BCUT2D eigenvalue weighted by Gasteiger charge is -1.98. The second-order valence-electron chi connectivity index (χ2n) is 4.25. The molecule has 0 saturated carbocycles. The first-order valence-electron chi connectivity index (χ1n) is 6.05. The highest BCUT2D eigenvalue weighted by Crippen LogP contribution is 2.18. The molecule has 0 bridgehead atoms. The summed E-state index contributed by atoms with van der Waals surface area (Å²) in [5, 5.41) is 22.5. The molecule has 0 aliphatic heterocycles. The predicted molar refractivity (Wildman–Crippen MR) is 70.2 cm³/mol. The van der Waals surface area contributed by atoms with Crippen LogP contribution in [0.15, 0.2) is 35.0 Å². The lowest BCUT2D eigenvalue weighted by Crippen LogP contribution is -2.04. The van der Waals surface area contributed by atoms with Crippen molar-refractivity contribution in [3.63, 3.8) is 0 Å². The number of hydrogen-bond acceptors (Lipinski definition) is 7. The highest BCUT2D eigenvalue weighted by atomic mass is 16.6. The lowest BCUT2D eigenvalue weighted by atomic mass is 10.3. The van der Waals surface area contributed by atoms with Crippen LogP contribution in [0.5, 0.6) is 0 Å². The van der Waals surface area contributed by atoms with Crippen LogP contribution < -0.4 is 0 Å². The molecule has 0 spiro atoms. The first kappa shape index (κ1) is 12.9. The molecule has 3 aromatic rings. The van der Waals surface area contributed by atoms with Crippen molar-refractivity contribution in [3.8, 4) is 11.6 Å². The van der Waals surface area contributed by atoms with Gasteiger partial charge in [0.2, 0.25) is 5.89 Å². The highest BCUT2D eigenvalue weighted by molar-refractivity contribution is 5.44. The van der Waals surface area contributed by atoms with E-state index in [0.29, 0.717) is 23.2 Å². The molecule has 0 atom stereocenters. The minimum absolute atomic E-state index is 0.0422. The van der Waals surface area contributed by atoms with Crippen LogP contribution in [0, 0.1) is 17.0 Å². The first-order valence-corrected chi connectivity index (χ1v) is 6.05. The zero-order chi connectivity index (χ0) is 14.8. The number of nitrogens with zero attached hydrogens (tertiary/aromatic N) is 6. The lowest BCUT2D eigenvalue weighted by molar-refractivity contribution is -0.385. The molecule has 9 nitrogen and oxygen atoms in total. The molecule has 21 heavy (non-hydrogen) atoms. The third kappa shape index (κ3) is 2.48. The Hall–Kier alpha value is -3.10. The van der Waals surface area contributed by atoms with Gasteiger partial charge in [-0.15, -0.1) is 10.2 Å². The molecule has 3 rings (SSSR count). The van der Waals surface area contributed by atoms with Crippen molar-refractivity contribution in [2.75, 3.05) is 0 Å². The average molecular weight is 286 g/mol. The van der Waals surface area contributed by atoms with Gasteiger partial charge in [0.05, 0.1) is 4.92 Å². The van der Waals surface area contributed by atoms with E-state index in [1.54, 1.807) is 25.3 Å². The van der Waals surface area contributed by atoms with E-state index in [1.807, 2.05) is 6.07 Å². The largest absolute Gasteiger partial charge is 0.417 e. The Morgan fingerprint density at radius 2 is 2.24 bits per heavy atom. The summed E-state index contributed by atoms with van der Waals surface area (Å²) in [5.74, 6) is 0.599. The van der Waals surface area contributed by atoms with Gasteiger partial charge in [-0.25, -0.2) is 0 Å². The normalized spacial score (nSPS) is 10.7. The van der Waals surface area contributed by atoms with Crippen LogP contribution in [-0.4, -0.2) is 29.9 Å². The number of aromatic nitrogens is 5. The summed E-state index contributed by atoms with van der Waals surface area (Å²) < 4.78 is 6.92. The van der Waals surface area contributed by atoms with E-state index >= 15 is 0 Å². The second-order valence-corrected chi connectivity index (χ2v) is 4.25. The first-order chi connectivity index (χ1) is 10.1. The number of hydrogen-bond donors (Lipinski definition) is 0. The number of pyridine rings is 1. The maximum atomic E-state index is 10.8. The fourth-order valence-electron chi connectivity index (χ4n) is 1.81. The molecule has 0 aromatic carbocycles. The molecule has 0 radical (unpaired) electrons. The van der Waals surface area contributed by atoms with Gasteiger partial charge in [0.25, 0.3) is 5.89 Å². The van der Waals surface area contributed by atoms with Crippen molar-refractivity contribution < 1.29 is 9.34 Å². The van der Waals surface area contributed by atoms with E-state index in [9.17, 15) is 10.1 Å². The van der Waals surface area contributed by atoms with Crippen LogP contribution >= 0.6 is 0 Å². The summed E-state index contributed by atoms with van der Waals surface area (Å²) in [6.45, 7) is 1.78. The van der Waals surface area contributed by atoms with Crippen LogP contribution in [0.2, 0.25) is 0 Å². The Bertz CT molecular complexity index is 779. The monoisotopic (exact) mass is 286 g/mol. The summed E-state index contributed by atoms with van der Waals surface area (Å²) in [4.78, 5) is 14.4. The summed E-state index contributed by atoms with van der Waals surface area (Å²) in [6, 6.07) is 5.35. The molecule has 0 saturated heterocycles. The summed E-state index contributed by atoms with van der Waals surface area (Å²) in [7, 11) is 0. The van der Waals surface area contributed by atoms with Gasteiger partial charge in [-0.3, -0.25) is 19.8 Å². The number of nitro groups is 1. The quantitative estimate of drug-likeness (QED) is 0.528. The second kappa shape index (κ2) is 5.12. The van der Waals surface area contributed by atoms with E-state index in [4.69, 9.17) is 4.42 Å². The predicted octanol–water partition coefficient (Wildman–Crippen LogP) is 1.59. The Kier molecular flexibility index (Phi) is 3.14. The molecule has 0 aliphatic rings. The third-order valence-electron chi connectivity index (χ3n) is 2.91. The summed E-state index contributed by atoms with van der Waals surface area (Å²) in [6.07, 6.45) is 2.82. The van der Waals surface area contributed by atoms with Crippen molar-refractivity contribution in [1.29, 1.82) is 0 Å². The van der Waals surface area contributed by atoms with Crippen LogP contribution in [0.25, 0.3) is 11.6 Å². The Morgan fingerprint density at radius 3 is 2.90 bits per heavy atom. The van der Waals surface area contributed by atoms with Gasteiger partial charge in [0, 0.05) is 6.20 Å². The minimum Gasteiger partial charge on any atom is -0.417 e. The molecule has 3 heterocycles. The van der Waals surface area contributed by atoms with Crippen LogP contribution in [0.3, 0.4) is 0 Å². The summed E-state index contributed by atoms with van der Waals surface area (Å²) in [5.41, 5.74) is 0.955. The van der Waals surface area contributed by atoms with Crippen molar-refractivity contribution in [1.82, 2.24) is 25.0 Å². The average Bonchev–Trinajstić information content (AvgIpc) is 3.08. The fraction of sp³-hybridized carbons (Fsp3) is 0.167. The van der Waals surface area contributed by atoms with Crippen LogP contribution in [0.4, 0.5) is 5.69 Å². The van der Waals surface area contributed by atoms with Gasteiger partial charge < -0.3 is 4.42 Å². The molecular formula is C12H10N6O3. The van der Waals surface area contributed by atoms with E-state index in [1.165, 1.54) is 10.9 Å². The van der Waals surface area contributed by atoms with Crippen molar-refractivity contribution in [3.05, 3.63) is 52.3 Å². The highest BCUT2D eigenvalue weighted by Gasteiger charge is 2.18. The standard InChI is InChI=1S/C12H10N6O3/c1-8-10(18(19)20)6-14-17(8)7-11-15-16-12(21-11)9-4-2-3-5-13-9/h2-6H,7H2,1H3. The molecule has 0 unspecified atom stereocenters. The molecule has 9 heteroatoms. The van der Waals surface area contributed by atoms with Crippen molar-refractivity contribution >= 4 is 5.69 Å². The molecular weight excluding hydrogens is 276 g/mol. The van der Waals surface area contributed by atoms with Gasteiger partial charge in [0.15, 0.2) is 0 Å². The van der Waals surface area contributed by atoms with E-state index in [-0.39, 0.29) is 12.2 Å². The zero-order valence-corrected chi connectivity index (χ0v) is 11.0. The molecule has 0 N–H and O–H groups in total. The molecule has 0 amide bonds. The smallest absolute Gasteiger partial charge is 0.309 e. The molecule has 106 valence electrons. The molecule has 3 aromatic heterocycles. The zero-order valence-electron chi connectivity index (χ0n) is 11.0. The summed E-state index contributed by atoms with van der Waals surface area (Å²) >= 11 is 0. The molecule has 0 aliphatic carbocycles. The maximum Gasteiger partial charge on any atom is 0.309 e. The molecule has 0 fully saturated rings. The van der Waals surface area contributed by atoms with Gasteiger partial charge >= 0.3 is 5.69 Å².